The SMILES string of the molecule is Clc1cc(C2CCCSS2)nc(Cl)n1. The van der Waals surface area contributed by atoms with Gasteiger partial charge in [-0.25, -0.2) is 9.97 Å². The average Bonchev–Trinajstić information content (AvgIpc) is 2.18. The van der Waals surface area contributed by atoms with E-state index in [1.807, 2.05) is 21.6 Å². The summed E-state index contributed by atoms with van der Waals surface area (Å²) in [7, 11) is 3.72. The summed E-state index contributed by atoms with van der Waals surface area (Å²) in [5.41, 5.74) is 0.951. The third-order valence-electron chi connectivity index (χ3n) is 1.90. The predicted molar refractivity (Wildman–Crippen MR) is 64.1 cm³/mol. The smallest absolute Gasteiger partial charge is 0.222 e. The summed E-state index contributed by atoms with van der Waals surface area (Å²) in [6.45, 7) is 0. The molecule has 1 saturated heterocycles. The topological polar surface area (TPSA) is 25.8 Å². The van der Waals surface area contributed by atoms with Crippen molar-refractivity contribution in [2.24, 2.45) is 0 Å². The van der Waals surface area contributed by atoms with Gasteiger partial charge in [0.2, 0.25) is 5.28 Å². The Kier molecular flexibility index (Phi) is 3.82. The first kappa shape index (κ1) is 10.9. The lowest BCUT2D eigenvalue weighted by Crippen LogP contribution is -2.02. The number of nitrogens with zero attached hydrogens (tertiary/aromatic N) is 2. The van der Waals surface area contributed by atoms with Gasteiger partial charge in [-0.05, 0) is 30.5 Å². The molecule has 1 aliphatic heterocycles. The van der Waals surface area contributed by atoms with Crippen molar-refractivity contribution in [1.82, 2.24) is 9.97 Å². The summed E-state index contributed by atoms with van der Waals surface area (Å²) in [6, 6.07) is 1.80. The largest absolute Gasteiger partial charge is 0.224 e. The Morgan fingerprint density at radius 2 is 2.21 bits per heavy atom. The fourth-order valence-electron chi connectivity index (χ4n) is 1.27. The molecule has 76 valence electrons. The molecule has 1 fully saturated rings. The van der Waals surface area contributed by atoms with Crippen LogP contribution in [0.2, 0.25) is 10.4 Å². The van der Waals surface area contributed by atoms with Gasteiger partial charge in [0.1, 0.15) is 5.15 Å². The molecule has 0 N–H and O–H groups in total. The molecule has 0 spiro atoms. The predicted octanol–water partition coefficient (Wildman–Crippen LogP) is 4.00. The molecular formula is C8H8Cl2N2S2. The van der Waals surface area contributed by atoms with Crippen LogP contribution in [0.15, 0.2) is 6.07 Å². The molecular weight excluding hydrogens is 259 g/mol. The van der Waals surface area contributed by atoms with Crippen LogP contribution in [0.25, 0.3) is 0 Å². The quantitative estimate of drug-likeness (QED) is 0.436. The molecule has 0 bridgehead atoms. The highest BCUT2D eigenvalue weighted by atomic mass is 35.5. The van der Waals surface area contributed by atoms with E-state index in [0.717, 1.165) is 12.1 Å². The van der Waals surface area contributed by atoms with Gasteiger partial charge in [0.15, 0.2) is 0 Å². The number of rotatable bonds is 1. The van der Waals surface area contributed by atoms with E-state index in [1.165, 1.54) is 12.2 Å². The average molecular weight is 267 g/mol. The van der Waals surface area contributed by atoms with Crippen molar-refractivity contribution in [3.8, 4) is 0 Å². The van der Waals surface area contributed by atoms with Crippen LogP contribution in [-0.2, 0) is 0 Å². The van der Waals surface area contributed by atoms with Gasteiger partial charge < -0.3 is 0 Å². The van der Waals surface area contributed by atoms with Crippen molar-refractivity contribution in [3.05, 3.63) is 22.2 Å². The van der Waals surface area contributed by atoms with E-state index in [4.69, 9.17) is 23.2 Å². The maximum Gasteiger partial charge on any atom is 0.224 e. The zero-order valence-electron chi connectivity index (χ0n) is 7.24. The van der Waals surface area contributed by atoms with Gasteiger partial charge in [0.05, 0.1) is 10.9 Å². The molecule has 0 aromatic carbocycles. The minimum atomic E-state index is 0.240. The van der Waals surface area contributed by atoms with E-state index in [2.05, 4.69) is 9.97 Å². The molecule has 1 aliphatic rings. The standard InChI is InChI=1S/C8H8Cl2N2S2/c9-7-4-5(11-8(10)12-7)6-2-1-3-13-14-6/h4,6H,1-3H2. The summed E-state index contributed by atoms with van der Waals surface area (Å²) in [4.78, 5) is 8.03. The zero-order valence-corrected chi connectivity index (χ0v) is 10.4. The first-order valence-electron chi connectivity index (χ1n) is 4.24. The third kappa shape index (κ3) is 2.69. The van der Waals surface area contributed by atoms with Gasteiger partial charge in [-0.1, -0.05) is 33.2 Å². The number of hydrogen-bond donors (Lipinski definition) is 0. The van der Waals surface area contributed by atoms with E-state index in [0.29, 0.717) is 10.4 Å². The molecule has 0 saturated carbocycles. The van der Waals surface area contributed by atoms with Crippen LogP contribution in [0.3, 0.4) is 0 Å². The third-order valence-corrected chi connectivity index (χ3v) is 5.16. The van der Waals surface area contributed by atoms with Crippen LogP contribution in [-0.4, -0.2) is 15.7 Å². The highest BCUT2D eigenvalue weighted by molar-refractivity contribution is 8.76. The minimum absolute atomic E-state index is 0.240. The van der Waals surface area contributed by atoms with Crippen molar-refractivity contribution in [3.63, 3.8) is 0 Å². The summed E-state index contributed by atoms with van der Waals surface area (Å²) in [5.74, 6) is 1.22. The summed E-state index contributed by atoms with van der Waals surface area (Å²) in [5, 5.41) is 1.08. The monoisotopic (exact) mass is 266 g/mol. The molecule has 1 atom stereocenters. The van der Waals surface area contributed by atoms with Crippen LogP contribution in [0, 0.1) is 0 Å². The summed E-state index contributed by atoms with van der Waals surface area (Å²) in [6.07, 6.45) is 2.36. The molecule has 2 heterocycles. The molecule has 0 radical (unpaired) electrons. The molecule has 1 aromatic rings. The van der Waals surface area contributed by atoms with Crippen LogP contribution in [0.5, 0.6) is 0 Å². The van der Waals surface area contributed by atoms with Crippen molar-refractivity contribution in [1.29, 1.82) is 0 Å². The molecule has 1 aromatic heterocycles. The minimum Gasteiger partial charge on any atom is -0.222 e. The number of halogens is 2. The summed E-state index contributed by atoms with van der Waals surface area (Å²) >= 11 is 11.6. The lowest BCUT2D eigenvalue weighted by atomic mass is 10.2. The van der Waals surface area contributed by atoms with E-state index in [-0.39, 0.29) is 5.28 Å². The highest BCUT2D eigenvalue weighted by Crippen LogP contribution is 2.45. The van der Waals surface area contributed by atoms with Crippen molar-refractivity contribution in [2.75, 3.05) is 5.75 Å². The van der Waals surface area contributed by atoms with E-state index in [1.54, 1.807) is 6.07 Å². The molecule has 1 unspecified atom stereocenters. The first-order chi connectivity index (χ1) is 6.75. The summed E-state index contributed by atoms with van der Waals surface area (Å²) < 4.78 is 0. The molecule has 0 amide bonds. The molecule has 6 heteroatoms. The van der Waals surface area contributed by atoms with Crippen molar-refractivity contribution >= 4 is 44.8 Å². The normalized spacial score (nSPS) is 22.3. The van der Waals surface area contributed by atoms with Crippen LogP contribution in [0.4, 0.5) is 0 Å². The fourth-order valence-corrected chi connectivity index (χ4v) is 4.44. The van der Waals surface area contributed by atoms with Crippen LogP contribution in [0.1, 0.15) is 23.8 Å². The van der Waals surface area contributed by atoms with Gasteiger partial charge in [0.25, 0.3) is 0 Å². The Balaban J connectivity index is 2.21. The second-order valence-electron chi connectivity index (χ2n) is 2.93. The fraction of sp³-hybridized carbons (Fsp3) is 0.500. The number of aromatic nitrogens is 2. The maximum atomic E-state index is 5.82. The molecule has 14 heavy (non-hydrogen) atoms. The Hall–Kier alpha value is 0.360. The van der Waals surface area contributed by atoms with E-state index >= 15 is 0 Å². The van der Waals surface area contributed by atoms with Gasteiger partial charge in [-0.3, -0.25) is 0 Å². The van der Waals surface area contributed by atoms with Gasteiger partial charge in [-0.15, -0.1) is 0 Å². The van der Waals surface area contributed by atoms with Crippen LogP contribution < -0.4 is 0 Å². The van der Waals surface area contributed by atoms with Gasteiger partial charge >= 0.3 is 0 Å². The zero-order chi connectivity index (χ0) is 9.97. The highest BCUT2D eigenvalue weighted by Gasteiger charge is 2.19. The first-order valence-corrected chi connectivity index (χ1v) is 7.38. The van der Waals surface area contributed by atoms with Gasteiger partial charge in [-0.2, -0.15) is 0 Å². The molecule has 2 rings (SSSR count). The van der Waals surface area contributed by atoms with E-state index in [9.17, 15) is 0 Å². The Morgan fingerprint density at radius 3 is 2.86 bits per heavy atom. The van der Waals surface area contributed by atoms with Crippen molar-refractivity contribution in [2.45, 2.75) is 18.1 Å². The van der Waals surface area contributed by atoms with E-state index < -0.39 is 0 Å². The van der Waals surface area contributed by atoms with Gasteiger partial charge in [0, 0.05) is 5.75 Å². The molecule has 2 nitrogen and oxygen atoms in total. The molecule has 0 aliphatic carbocycles. The maximum absolute atomic E-state index is 5.82. The Morgan fingerprint density at radius 1 is 1.36 bits per heavy atom. The second kappa shape index (κ2) is 4.92. The number of hydrogen-bond acceptors (Lipinski definition) is 4. The lowest BCUT2D eigenvalue weighted by Gasteiger charge is -2.19. The Bertz CT molecular complexity index is 309. The Labute approximate surface area is 101 Å². The van der Waals surface area contributed by atoms with Crippen LogP contribution >= 0.6 is 44.8 Å². The second-order valence-corrected chi connectivity index (χ2v) is 6.35. The van der Waals surface area contributed by atoms with Crippen molar-refractivity contribution < 1.29 is 0 Å². The lowest BCUT2D eigenvalue weighted by molar-refractivity contribution is 0.761.